The lowest BCUT2D eigenvalue weighted by Crippen LogP contribution is -2.19. The Bertz CT molecular complexity index is 1380. The Morgan fingerprint density at radius 3 is 2.32 bits per heavy atom. The van der Waals surface area contributed by atoms with Crippen LogP contribution in [-0.4, -0.2) is 21.5 Å². The minimum absolute atomic E-state index is 0.0452. The van der Waals surface area contributed by atoms with Crippen LogP contribution in [0.1, 0.15) is 56.9 Å². The summed E-state index contributed by atoms with van der Waals surface area (Å²) < 4.78 is 9.99. The van der Waals surface area contributed by atoms with Crippen molar-refractivity contribution in [2.75, 3.05) is 5.32 Å². The molecule has 4 aromatic rings. The lowest BCUT2D eigenvalue weighted by atomic mass is 9.83. The molecule has 1 heterocycles. The molecule has 198 valence electrons. The highest BCUT2D eigenvalue weighted by Crippen LogP contribution is 2.36. The first-order valence-corrected chi connectivity index (χ1v) is 13.8. The van der Waals surface area contributed by atoms with E-state index in [0.29, 0.717) is 5.69 Å². The molecule has 0 spiro atoms. The molecule has 38 heavy (non-hydrogen) atoms. The van der Waals surface area contributed by atoms with Gasteiger partial charge in [0.15, 0.2) is 0 Å². The van der Waals surface area contributed by atoms with Gasteiger partial charge in [-0.2, -0.15) is 4.37 Å². The molecule has 0 radical (unpaired) electrons. The Morgan fingerprint density at radius 2 is 1.63 bits per heavy atom. The number of benzene rings is 3. The maximum atomic E-state index is 12.5. The first kappa shape index (κ1) is 27.3. The second-order valence-electron chi connectivity index (χ2n) is 9.91. The van der Waals surface area contributed by atoms with Crippen molar-refractivity contribution in [3.63, 3.8) is 0 Å². The first-order chi connectivity index (χ1) is 18.3. The number of hydrogen-bond donors (Lipinski definition) is 2. The van der Waals surface area contributed by atoms with Gasteiger partial charge in [-0.3, -0.25) is 10.1 Å². The number of aromatic nitrogens is 1. The van der Waals surface area contributed by atoms with E-state index in [4.69, 9.17) is 9.84 Å². The molecule has 1 fully saturated rings. The number of carbonyl (C=O) groups excluding carboxylic acids is 1. The summed E-state index contributed by atoms with van der Waals surface area (Å²) in [6.45, 7) is 5.94. The maximum Gasteiger partial charge on any atom is 0.412 e. The van der Waals surface area contributed by atoms with E-state index in [1.165, 1.54) is 16.9 Å². The van der Waals surface area contributed by atoms with Crippen molar-refractivity contribution in [2.24, 2.45) is 11.8 Å². The summed E-state index contributed by atoms with van der Waals surface area (Å²) in [7, 11) is 0. The van der Waals surface area contributed by atoms with Crippen LogP contribution in [0.4, 0.5) is 10.5 Å². The largest absolute Gasteiger partial charge is 0.481 e. The smallest absolute Gasteiger partial charge is 0.412 e. The molecule has 0 aliphatic heterocycles. The number of carboxylic acids is 1. The molecule has 5 rings (SSSR count). The quantitative estimate of drug-likeness (QED) is 0.270. The van der Waals surface area contributed by atoms with Crippen LogP contribution in [0.15, 0.2) is 72.8 Å². The van der Waals surface area contributed by atoms with E-state index >= 15 is 0 Å². The summed E-state index contributed by atoms with van der Waals surface area (Å²) in [6, 6.07) is 24.1. The van der Waals surface area contributed by atoms with Crippen LogP contribution >= 0.6 is 11.5 Å². The number of fused-ring (bicyclic) bond motifs is 1. The molecule has 0 saturated heterocycles. The third-order valence-electron chi connectivity index (χ3n) is 7.02. The monoisotopic (exact) mass is 530 g/mol. The van der Waals surface area contributed by atoms with E-state index in [1.807, 2.05) is 56.3 Å². The molecule has 1 amide bonds. The average molecular weight is 531 g/mol. The van der Waals surface area contributed by atoms with Gasteiger partial charge < -0.3 is 9.84 Å². The molecular weight excluding hydrogens is 496 g/mol. The lowest BCUT2D eigenvalue weighted by molar-refractivity contribution is -0.143. The zero-order valence-corrected chi connectivity index (χ0v) is 22.8. The van der Waals surface area contributed by atoms with Crippen LogP contribution in [0.2, 0.25) is 0 Å². The Balaban J connectivity index is 0.000000283. The molecule has 1 atom stereocenters. The van der Waals surface area contributed by atoms with Gasteiger partial charge in [0, 0.05) is 0 Å². The fraction of sp³-hybridized carbons (Fsp3) is 0.323. The summed E-state index contributed by atoms with van der Waals surface area (Å²) in [5, 5.41) is 13.8. The predicted octanol–water partition coefficient (Wildman–Crippen LogP) is 8.48. The van der Waals surface area contributed by atoms with Gasteiger partial charge in [-0.1, -0.05) is 73.7 Å². The van der Waals surface area contributed by atoms with Crippen molar-refractivity contribution in [2.45, 2.75) is 52.6 Å². The van der Waals surface area contributed by atoms with Crippen molar-refractivity contribution in [3.8, 4) is 10.4 Å². The highest BCUT2D eigenvalue weighted by atomic mass is 32.1. The number of anilines is 1. The fourth-order valence-electron chi connectivity index (χ4n) is 4.64. The predicted molar refractivity (Wildman–Crippen MR) is 154 cm³/mol. The van der Waals surface area contributed by atoms with E-state index in [0.717, 1.165) is 58.7 Å². The molecule has 1 aliphatic rings. The maximum absolute atomic E-state index is 12.5. The Kier molecular flexibility index (Phi) is 9.13. The number of carbonyl (C=O) groups is 2. The molecule has 0 bridgehead atoms. The summed E-state index contributed by atoms with van der Waals surface area (Å²) >= 11 is 1.37. The van der Waals surface area contributed by atoms with Gasteiger partial charge in [-0.15, -0.1) is 0 Å². The van der Waals surface area contributed by atoms with E-state index in [1.54, 1.807) is 0 Å². The standard InChI is InChI=1S/C23H20N2O2S.C8H14O2/c1-15-21(24-23(26)27-16(2)17-8-4-3-5-9-17)22(28-25-15)20-13-12-18-10-6-7-11-19(18)14-20;1-6-2-4-7(5-3-6)8(9)10/h3-14,16H,1-2H3,(H,24,26);6-7H,2-5H2,1H3,(H,9,10)/t16-;/m1./s1. The highest BCUT2D eigenvalue weighted by molar-refractivity contribution is 7.10. The van der Waals surface area contributed by atoms with Crippen LogP contribution in [0.3, 0.4) is 0 Å². The molecule has 1 aromatic heterocycles. The number of ether oxygens (including phenoxy) is 1. The number of aryl methyl sites for hydroxylation is 1. The van der Waals surface area contributed by atoms with Crippen LogP contribution in [0.25, 0.3) is 21.2 Å². The second-order valence-corrected chi connectivity index (χ2v) is 10.7. The van der Waals surface area contributed by atoms with Gasteiger partial charge in [0.1, 0.15) is 6.10 Å². The number of rotatable bonds is 5. The van der Waals surface area contributed by atoms with Crippen molar-refractivity contribution >= 4 is 40.1 Å². The van der Waals surface area contributed by atoms with Crippen LogP contribution in [0, 0.1) is 18.8 Å². The van der Waals surface area contributed by atoms with Crippen molar-refractivity contribution in [1.29, 1.82) is 0 Å². The lowest BCUT2D eigenvalue weighted by Gasteiger charge is -2.22. The number of nitrogens with one attached hydrogen (secondary N) is 1. The molecule has 6 nitrogen and oxygen atoms in total. The van der Waals surface area contributed by atoms with Gasteiger partial charge in [0.2, 0.25) is 0 Å². The summed E-state index contributed by atoms with van der Waals surface area (Å²) in [4.78, 5) is 23.9. The number of carboxylic acid groups (broad SMARTS) is 1. The van der Waals surface area contributed by atoms with E-state index in [2.05, 4.69) is 46.9 Å². The zero-order chi connectivity index (χ0) is 27.1. The Hall–Kier alpha value is -3.71. The Labute approximate surface area is 227 Å². The molecule has 1 aliphatic carbocycles. The van der Waals surface area contributed by atoms with Crippen LogP contribution in [-0.2, 0) is 9.53 Å². The molecule has 7 heteroatoms. The first-order valence-electron chi connectivity index (χ1n) is 13.0. The second kappa shape index (κ2) is 12.7. The van der Waals surface area contributed by atoms with Gasteiger partial charge in [0.05, 0.1) is 22.2 Å². The minimum atomic E-state index is -0.605. The van der Waals surface area contributed by atoms with Crippen molar-refractivity contribution in [3.05, 3.63) is 84.1 Å². The number of amides is 1. The van der Waals surface area contributed by atoms with Crippen molar-refractivity contribution < 1.29 is 19.4 Å². The van der Waals surface area contributed by atoms with Gasteiger partial charge in [0.25, 0.3) is 0 Å². The molecule has 2 N–H and O–H groups in total. The fourth-order valence-corrected chi connectivity index (χ4v) is 5.48. The van der Waals surface area contributed by atoms with Gasteiger partial charge >= 0.3 is 12.1 Å². The number of aliphatic carboxylic acids is 1. The summed E-state index contributed by atoms with van der Waals surface area (Å²) in [5.74, 6) is 0.0960. The van der Waals surface area contributed by atoms with Crippen molar-refractivity contribution in [1.82, 2.24) is 4.37 Å². The highest BCUT2D eigenvalue weighted by Gasteiger charge is 2.23. The van der Waals surface area contributed by atoms with Crippen LogP contribution < -0.4 is 5.32 Å². The molecule has 3 aromatic carbocycles. The van der Waals surface area contributed by atoms with Gasteiger partial charge in [-0.05, 0) is 84.9 Å². The zero-order valence-electron chi connectivity index (χ0n) is 22.0. The number of hydrogen-bond acceptors (Lipinski definition) is 5. The van der Waals surface area contributed by atoms with E-state index in [9.17, 15) is 9.59 Å². The SMILES string of the molecule is CC1CCC(C(=O)O)CC1.Cc1nsc(-c2ccc3ccccc3c2)c1NC(=O)O[C@H](C)c1ccccc1. The van der Waals surface area contributed by atoms with E-state index in [-0.39, 0.29) is 12.0 Å². The molecular formula is C31H34N2O4S. The summed E-state index contributed by atoms with van der Waals surface area (Å²) in [6.07, 6.45) is 3.14. The normalized spacial score (nSPS) is 17.7. The summed E-state index contributed by atoms with van der Waals surface area (Å²) in [5.41, 5.74) is 3.45. The van der Waals surface area contributed by atoms with Crippen LogP contribution in [0.5, 0.6) is 0 Å². The van der Waals surface area contributed by atoms with Gasteiger partial charge in [-0.25, -0.2) is 4.79 Å². The number of nitrogens with zero attached hydrogens (tertiary/aromatic N) is 1. The average Bonchev–Trinajstić information content (AvgIpc) is 3.29. The minimum Gasteiger partial charge on any atom is -0.481 e. The topological polar surface area (TPSA) is 88.5 Å². The van der Waals surface area contributed by atoms with E-state index < -0.39 is 12.1 Å². The molecule has 0 unspecified atom stereocenters. The Morgan fingerprint density at radius 1 is 0.974 bits per heavy atom. The molecule has 1 saturated carbocycles. The third kappa shape index (κ3) is 6.98. The third-order valence-corrected chi connectivity index (χ3v) is 8.01.